The Morgan fingerprint density at radius 2 is 1.71 bits per heavy atom. The summed E-state index contributed by atoms with van der Waals surface area (Å²) in [6.07, 6.45) is -8.79. The molecule has 16 heteroatoms. The molecular formula is C25H20ClF6N5O4. The van der Waals surface area contributed by atoms with Gasteiger partial charge in [0.15, 0.2) is 23.3 Å². The first-order valence-corrected chi connectivity index (χ1v) is 12.3. The van der Waals surface area contributed by atoms with Gasteiger partial charge >= 0.3 is 6.18 Å². The molecule has 2 unspecified atom stereocenters. The lowest BCUT2D eigenvalue weighted by Crippen LogP contribution is -2.53. The lowest BCUT2D eigenvalue weighted by molar-refractivity contribution is -0.210. The average molecular weight is 604 g/mol. The van der Waals surface area contributed by atoms with E-state index in [-0.39, 0.29) is 27.8 Å². The Hall–Kier alpha value is -3.50. The fraction of sp³-hybridized carbons (Fsp3) is 0.320. The van der Waals surface area contributed by atoms with Gasteiger partial charge in [0, 0.05) is 16.8 Å². The molecular weight excluding hydrogens is 584 g/mol. The van der Waals surface area contributed by atoms with E-state index in [2.05, 4.69) is 15.2 Å². The van der Waals surface area contributed by atoms with E-state index in [9.17, 15) is 41.7 Å². The number of hydrogen-bond donors (Lipinski definition) is 3. The van der Waals surface area contributed by atoms with Crippen LogP contribution in [0.4, 0.5) is 26.3 Å². The van der Waals surface area contributed by atoms with E-state index in [1.54, 1.807) is 0 Å². The SMILES string of the molecule is Cc1nc([C@@H]2OC(CO)[C@H](O)[C@H](n3cc(-c4cc(F)c(F)c(F)c4)cn3)C2O)n(-c2cc(Cl)ccc2C(F)(F)F)n1. The van der Waals surface area contributed by atoms with Crippen molar-refractivity contribution in [3.63, 3.8) is 0 Å². The van der Waals surface area contributed by atoms with E-state index in [1.165, 1.54) is 13.1 Å². The summed E-state index contributed by atoms with van der Waals surface area (Å²) in [7, 11) is 0. The number of ether oxygens (including phenoxy) is 1. The molecule has 1 aliphatic heterocycles. The summed E-state index contributed by atoms with van der Waals surface area (Å²) in [6, 6.07) is 2.86. The molecule has 0 saturated carbocycles. The summed E-state index contributed by atoms with van der Waals surface area (Å²) < 4.78 is 90.1. The van der Waals surface area contributed by atoms with Crippen LogP contribution in [0.25, 0.3) is 16.8 Å². The summed E-state index contributed by atoms with van der Waals surface area (Å²) >= 11 is 5.98. The third kappa shape index (κ3) is 5.30. The molecule has 4 aromatic rings. The van der Waals surface area contributed by atoms with Crippen LogP contribution in [0.2, 0.25) is 5.02 Å². The number of aliphatic hydroxyl groups excluding tert-OH is 3. The Labute approximate surface area is 232 Å². The van der Waals surface area contributed by atoms with Crippen molar-refractivity contribution in [1.82, 2.24) is 24.5 Å². The lowest BCUT2D eigenvalue weighted by atomic mass is 9.92. The third-order valence-electron chi connectivity index (χ3n) is 6.60. The quantitative estimate of drug-likeness (QED) is 0.234. The number of alkyl halides is 3. The lowest BCUT2D eigenvalue weighted by Gasteiger charge is -2.42. The highest BCUT2D eigenvalue weighted by atomic mass is 35.5. The maximum absolute atomic E-state index is 13.9. The molecule has 1 fully saturated rings. The summed E-state index contributed by atoms with van der Waals surface area (Å²) in [6.45, 7) is 0.616. The van der Waals surface area contributed by atoms with Gasteiger partial charge in [-0.05, 0) is 42.8 Å². The largest absolute Gasteiger partial charge is 0.418 e. The molecule has 41 heavy (non-hydrogen) atoms. The summed E-state index contributed by atoms with van der Waals surface area (Å²) in [5.41, 5.74) is -1.64. The van der Waals surface area contributed by atoms with E-state index in [1.807, 2.05) is 0 Å². The molecule has 9 nitrogen and oxygen atoms in total. The highest BCUT2D eigenvalue weighted by molar-refractivity contribution is 6.30. The van der Waals surface area contributed by atoms with Gasteiger partial charge in [-0.2, -0.15) is 23.4 Å². The van der Waals surface area contributed by atoms with E-state index in [4.69, 9.17) is 16.3 Å². The van der Waals surface area contributed by atoms with Gasteiger partial charge in [-0.15, -0.1) is 0 Å². The summed E-state index contributed by atoms with van der Waals surface area (Å²) in [5, 5.41) is 40.2. The number of benzene rings is 2. The molecule has 1 aliphatic rings. The molecule has 0 aliphatic carbocycles. The van der Waals surface area contributed by atoms with Gasteiger partial charge in [-0.25, -0.2) is 22.8 Å². The minimum atomic E-state index is -4.82. The fourth-order valence-electron chi connectivity index (χ4n) is 4.71. The van der Waals surface area contributed by atoms with Gasteiger partial charge in [-0.3, -0.25) is 4.68 Å². The van der Waals surface area contributed by atoms with Crippen LogP contribution in [0.1, 0.15) is 29.4 Å². The monoisotopic (exact) mass is 603 g/mol. The molecule has 3 N–H and O–H groups in total. The first-order chi connectivity index (χ1) is 19.3. The topological polar surface area (TPSA) is 118 Å². The van der Waals surface area contributed by atoms with Gasteiger partial charge < -0.3 is 20.1 Å². The molecule has 0 bridgehead atoms. The van der Waals surface area contributed by atoms with Crippen molar-refractivity contribution in [1.29, 1.82) is 0 Å². The van der Waals surface area contributed by atoms with Crippen molar-refractivity contribution in [2.24, 2.45) is 0 Å². The van der Waals surface area contributed by atoms with Gasteiger partial charge in [-0.1, -0.05) is 11.6 Å². The predicted molar refractivity (Wildman–Crippen MR) is 129 cm³/mol. The highest BCUT2D eigenvalue weighted by Crippen LogP contribution is 2.41. The summed E-state index contributed by atoms with van der Waals surface area (Å²) in [5.74, 6) is -4.86. The maximum Gasteiger partial charge on any atom is 0.418 e. The Morgan fingerprint density at radius 3 is 2.34 bits per heavy atom. The van der Waals surface area contributed by atoms with E-state index < -0.39 is 71.9 Å². The molecule has 0 radical (unpaired) electrons. The highest BCUT2D eigenvalue weighted by Gasteiger charge is 2.48. The number of aliphatic hydroxyl groups is 3. The fourth-order valence-corrected chi connectivity index (χ4v) is 4.88. The minimum absolute atomic E-state index is 0.00820. The van der Waals surface area contributed by atoms with Crippen LogP contribution in [-0.4, -0.2) is 64.8 Å². The van der Waals surface area contributed by atoms with Crippen molar-refractivity contribution in [2.45, 2.75) is 43.6 Å². The zero-order chi connectivity index (χ0) is 29.8. The zero-order valence-electron chi connectivity index (χ0n) is 20.8. The second-order valence-corrected chi connectivity index (χ2v) is 9.74. The Kier molecular flexibility index (Phi) is 7.59. The minimum Gasteiger partial charge on any atom is -0.394 e. The number of aryl methyl sites for hydroxylation is 1. The van der Waals surface area contributed by atoms with Crippen LogP contribution in [0, 0.1) is 24.4 Å². The smallest absolute Gasteiger partial charge is 0.394 e. The standard InChI is InChI=1S/C25H20ClF6N5O4/c1-10-34-24(37(35-10)17-6-13(26)2-3-14(17)25(30,31)32)23-22(40)20(21(39)18(9-38)41-23)36-8-12(7-33-36)11-4-15(27)19(29)16(28)5-11/h2-8,18,20-23,38-40H,9H2,1H3/t18?,20-,21-,22?,23+/m0/s1. The van der Waals surface area contributed by atoms with Crippen LogP contribution in [-0.2, 0) is 10.9 Å². The number of nitrogens with zero attached hydrogens (tertiary/aromatic N) is 5. The van der Waals surface area contributed by atoms with Gasteiger partial charge in [0.25, 0.3) is 0 Å². The second kappa shape index (κ2) is 10.7. The van der Waals surface area contributed by atoms with E-state index >= 15 is 0 Å². The Balaban J connectivity index is 1.58. The number of rotatable bonds is 5. The predicted octanol–water partition coefficient (Wildman–Crippen LogP) is 3.92. The molecule has 2 aromatic carbocycles. The van der Waals surface area contributed by atoms with Crippen molar-refractivity contribution in [2.75, 3.05) is 6.61 Å². The summed E-state index contributed by atoms with van der Waals surface area (Å²) in [4.78, 5) is 4.16. The van der Waals surface area contributed by atoms with Crippen molar-refractivity contribution < 1.29 is 46.4 Å². The van der Waals surface area contributed by atoms with Gasteiger partial charge in [0.05, 0.1) is 24.1 Å². The number of hydrogen-bond acceptors (Lipinski definition) is 7. The average Bonchev–Trinajstić information content (AvgIpc) is 3.53. The molecule has 1 saturated heterocycles. The Morgan fingerprint density at radius 1 is 1.02 bits per heavy atom. The van der Waals surface area contributed by atoms with Gasteiger partial charge in [0.2, 0.25) is 0 Å². The maximum atomic E-state index is 13.9. The van der Waals surface area contributed by atoms with Crippen LogP contribution >= 0.6 is 11.6 Å². The van der Waals surface area contributed by atoms with Crippen LogP contribution in [0.5, 0.6) is 0 Å². The number of aromatic nitrogens is 5. The molecule has 3 heterocycles. The normalized spacial score (nSPS) is 23.2. The van der Waals surface area contributed by atoms with Crippen molar-refractivity contribution in [3.8, 4) is 16.8 Å². The number of halogens is 7. The van der Waals surface area contributed by atoms with Crippen LogP contribution in [0.3, 0.4) is 0 Å². The first-order valence-electron chi connectivity index (χ1n) is 11.9. The molecule has 0 spiro atoms. The van der Waals surface area contributed by atoms with E-state index in [0.717, 1.165) is 45.9 Å². The van der Waals surface area contributed by atoms with Gasteiger partial charge in [0.1, 0.15) is 36.3 Å². The molecule has 0 amide bonds. The molecule has 5 atom stereocenters. The van der Waals surface area contributed by atoms with Crippen LogP contribution in [0.15, 0.2) is 42.7 Å². The molecule has 2 aromatic heterocycles. The Bertz CT molecular complexity index is 1570. The second-order valence-electron chi connectivity index (χ2n) is 9.30. The zero-order valence-corrected chi connectivity index (χ0v) is 21.5. The van der Waals surface area contributed by atoms with Crippen molar-refractivity contribution in [3.05, 3.63) is 82.4 Å². The third-order valence-corrected chi connectivity index (χ3v) is 6.84. The van der Waals surface area contributed by atoms with E-state index in [0.29, 0.717) is 0 Å². The molecule has 5 rings (SSSR count). The van der Waals surface area contributed by atoms with Crippen LogP contribution < -0.4 is 0 Å². The first kappa shape index (κ1) is 29.0. The van der Waals surface area contributed by atoms with Crippen molar-refractivity contribution >= 4 is 11.6 Å². The molecule has 218 valence electrons.